The van der Waals surface area contributed by atoms with Crippen LogP contribution < -0.4 is 4.90 Å². The Morgan fingerprint density at radius 1 is 1.34 bits per heavy atom. The second-order valence-electron chi connectivity index (χ2n) is 7.27. The number of imidazole rings is 1. The minimum absolute atomic E-state index is 0.00700. The molecule has 0 radical (unpaired) electrons. The molecule has 0 amide bonds. The predicted octanol–water partition coefficient (Wildman–Crippen LogP) is 3.99. The van der Waals surface area contributed by atoms with Gasteiger partial charge in [0.15, 0.2) is 10.9 Å². The number of hydrogen-bond acceptors (Lipinski definition) is 5. The van der Waals surface area contributed by atoms with Crippen LogP contribution in [0.15, 0.2) is 41.6 Å². The first-order valence-corrected chi connectivity index (χ1v) is 11.1. The molecule has 1 aromatic heterocycles. The summed E-state index contributed by atoms with van der Waals surface area (Å²) in [5.41, 5.74) is 5.38. The molecule has 2 atom stereocenters. The van der Waals surface area contributed by atoms with E-state index < -0.39 is 10.8 Å². The SMILES string of the molecule is CCN1CCC(OC)c2cccc(CS(=O)c3nc4ccc(C(C)=O)cc4[nH]3)c21. The summed E-state index contributed by atoms with van der Waals surface area (Å²) in [6.45, 7) is 5.48. The van der Waals surface area contributed by atoms with Crippen LogP contribution in [0, 0.1) is 0 Å². The molecule has 0 saturated heterocycles. The molecule has 4 rings (SSSR count). The van der Waals surface area contributed by atoms with E-state index in [4.69, 9.17) is 4.74 Å². The monoisotopic (exact) mass is 411 g/mol. The van der Waals surface area contributed by atoms with Crippen LogP contribution in [0.4, 0.5) is 5.69 Å². The molecule has 3 aromatic rings. The largest absolute Gasteiger partial charge is 0.377 e. The van der Waals surface area contributed by atoms with Crippen molar-refractivity contribution in [1.29, 1.82) is 0 Å². The van der Waals surface area contributed by atoms with Crippen LogP contribution in [0.1, 0.15) is 47.9 Å². The Labute approximate surface area is 172 Å². The first kappa shape index (κ1) is 19.8. The molecule has 2 heterocycles. The fourth-order valence-corrected chi connectivity index (χ4v) is 5.07. The van der Waals surface area contributed by atoms with Gasteiger partial charge in [-0.1, -0.05) is 18.2 Å². The third-order valence-corrected chi connectivity index (χ3v) is 6.71. The Kier molecular flexibility index (Phi) is 5.52. The smallest absolute Gasteiger partial charge is 0.197 e. The second kappa shape index (κ2) is 8.08. The number of nitrogens with zero attached hydrogens (tertiary/aromatic N) is 2. The van der Waals surface area contributed by atoms with E-state index in [0.29, 0.717) is 22.0 Å². The van der Waals surface area contributed by atoms with Gasteiger partial charge in [-0.05, 0) is 44.0 Å². The van der Waals surface area contributed by atoms with Crippen LogP contribution in [0.2, 0.25) is 0 Å². The van der Waals surface area contributed by atoms with Gasteiger partial charge < -0.3 is 14.6 Å². The molecule has 7 heteroatoms. The standard InChI is InChI=1S/C22H25N3O3S/c1-4-25-11-10-20(28-3)17-7-5-6-16(21(17)25)13-29(27)22-23-18-9-8-15(14(2)26)12-19(18)24-22/h5-9,12,20H,4,10-11,13H2,1-3H3,(H,23,24). The van der Waals surface area contributed by atoms with Crippen molar-refractivity contribution in [1.82, 2.24) is 9.97 Å². The van der Waals surface area contributed by atoms with Crippen LogP contribution in [-0.2, 0) is 21.3 Å². The minimum atomic E-state index is -1.33. The molecule has 1 aliphatic rings. The number of ketones is 1. The zero-order valence-corrected chi connectivity index (χ0v) is 17.7. The number of para-hydroxylation sites is 1. The molecule has 0 spiro atoms. The van der Waals surface area contributed by atoms with E-state index in [1.54, 1.807) is 25.3 Å². The van der Waals surface area contributed by atoms with Crippen molar-refractivity contribution < 1.29 is 13.7 Å². The Morgan fingerprint density at radius 3 is 2.90 bits per heavy atom. The molecule has 29 heavy (non-hydrogen) atoms. The first-order valence-electron chi connectivity index (χ1n) is 9.80. The number of benzene rings is 2. The number of carbonyl (C=O) groups is 1. The maximum absolute atomic E-state index is 13.1. The van der Waals surface area contributed by atoms with Crippen LogP contribution in [-0.4, -0.2) is 40.2 Å². The fraction of sp³-hybridized carbons (Fsp3) is 0.364. The molecular formula is C22H25N3O3S. The van der Waals surface area contributed by atoms with Gasteiger partial charge in [-0.3, -0.25) is 9.00 Å². The van der Waals surface area contributed by atoms with Gasteiger partial charge in [-0.15, -0.1) is 0 Å². The lowest BCUT2D eigenvalue weighted by Crippen LogP contribution is -2.32. The topological polar surface area (TPSA) is 75.3 Å². The van der Waals surface area contributed by atoms with Crippen LogP contribution >= 0.6 is 0 Å². The summed E-state index contributed by atoms with van der Waals surface area (Å²) in [5, 5.41) is 0.431. The number of rotatable bonds is 6. The lowest BCUT2D eigenvalue weighted by Gasteiger charge is -2.36. The average Bonchev–Trinajstić information content (AvgIpc) is 3.16. The number of H-pyrrole nitrogens is 1. The molecule has 152 valence electrons. The van der Waals surface area contributed by atoms with Crippen LogP contribution in [0.3, 0.4) is 0 Å². The number of ether oxygens (including phenoxy) is 1. The summed E-state index contributed by atoms with van der Waals surface area (Å²) in [5.74, 6) is 0.364. The molecule has 0 fully saturated rings. The zero-order valence-electron chi connectivity index (χ0n) is 16.9. The Hall–Kier alpha value is -2.51. The number of aromatic nitrogens is 2. The van der Waals surface area contributed by atoms with E-state index in [2.05, 4.69) is 27.9 Å². The fourth-order valence-electron chi connectivity index (χ4n) is 4.00. The van der Waals surface area contributed by atoms with Gasteiger partial charge in [0.05, 0.1) is 33.7 Å². The van der Waals surface area contributed by atoms with Crippen molar-refractivity contribution in [2.45, 2.75) is 37.3 Å². The van der Waals surface area contributed by atoms with E-state index in [1.165, 1.54) is 6.92 Å². The number of carbonyl (C=O) groups excluding carboxylic acids is 1. The molecular weight excluding hydrogens is 386 g/mol. The van der Waals surface area contributed by atoms with E-state index in [-0.39, 0.29) is 11.9 Å². The van der Waals surface area contributed by atoms with Crippen molar-refractivity contribution in [3.8, 4) is 0 Å². The van der Waals surface area contributed by atoms with Crippen molar-refractivity contribution in [2.24, 2.45) is 0 Å². The van der Waals surface area contributed by atoms with Crippen molar-refractivity contribution in [2.75, 3.05) is 25.1 Å². The van der Waals surface area contributed by atoms with E-state index in [1.807, 2.05) is 12.1 Å². The second-order valence-corrected chi connectivity index (χ2v) is 8.63. The number of nitrogens with one attached hydrogen (secondary N) is 1. The maximum atomic E-state index is 13.1. The van der Waals surface area contributed by atoms with Crippen molar-refractivity contribution in [3.05, 3.63) is 53.1 Å². The number of aromatic amines is 1. The van der Waals surface area contributed by atoms with E-state index in [9.17, 15) is 9.00 Å². The average molecular weight is 412 g/mol. The highest BCUT2D eigenvalue weighted by molar-refractivity contribution is 7.84. The van der Waals surface area contributed by atoms with Crippen molar-refractivity contribution >= 4 is 33.3 Å². The molecule has 6 nitrogen and oxygen atoms in total. The maximum Gasteiger partial charge on any atom is 0.197 e. The van der Waals surface area contributed by atoms with Gasteiger partial charge in [-0.25, -0.2) is 4.98 Å². The highest BCUT2D eigenvalue weighted by atomic mass is 32.2. The van der Waals surface area contributed by atoms with Gasteiger partial charge in [-0.2, -0.15) is 0 Å². The Morgan fingerprint density at radius 2 is 2.17 bits per heavy atom. The number of hydrogen-bond donors (Lipinski definition) is 1. The van der Waals surface area contributed by atoms with Gasteiger partial charge in [0.2, 0.25) is 0 Å². The molecule has 2 aromatic carbocycles. The van der Waals surface area contributed by atoms with Crippen LogP contribution in [0.25, 0.3) is 11.0 Å². The van der Waals surface area contributed by atoms with Crippen LogP contribution in [0.5, 0.6) is 0 Å². The summed E-state index contributed by atoms with van der Waals surface area (Å²) in [6, 6.07) is 11.4. The third-order valence-electron chi connectivity index (χ3n) is 5.51. The summed E-state index contributed by atoms with van der Waals surface area (Å²) in [7, 11) is 0.409. The Bertz CT molecular complexity index is 1090. The molecule has 0 bridgehead atoms. The summed E-state index contributed by atoms with van der Waals surface area (Å²) in [4.78, 5) is 21.6. The number of Topliss-reactive ketones (excluding diaryl/α,β-unsaturated/α-hetero) is 1. The highest BCUT2D eigenvalue weighted by Crippen LogP contribution is 2.38. The van der Waals surface area contributed by atoms with Gasteiger partial charge in [0, 0.05) is 37.0 Å². The predicted molar refractivity (Wildman–Crippen MR) is 115 cm³/mol. The lowest BCUT2D eigenvalue weighted by atomic mass is 9.95. The molecule has 1 N–H and O–H groups in total. The lowest BCUT2D eigenvalue weighted by molar-refractivity contribution is 0.0937. The number of anilines is 1. The number of fused-ring (bicyclic) bond motifs is 2. The molecule has 0 aliphatic carbocycles. The summed E-state index contributed by atoms with van der Waals surface area (Å²) >= 11 is 0. The Balaban J connectivity index is 1.67. The highest BCUT2D eigenvalue weighted by Gasteiger charge is 2.27. The van der Waals surface area contributed by atoms with Gasteiger partial charge >= 0.3 is 0 Å². The normalized spacial score (nSPS) is 17.3. The van der Waals surface area contributed by atoms with Gasteiger partial charge in [0.1, 0.15) is 0 Å². The number of methoxy groups -OCH3 is 1. The van der Waals surface area contributed by atoms with Gasteiger partial charge in [0.25, 0.3) is 0 Å². The quantitative estimate of drug-likeness (QED) is 0.621. The zero-order chi connectivity index (χ0) is 20.5. The molecule has 1 aliphatic heterocycles. The third kappa shape index (κ3) is 3.72. The first-order chi connectivity index (χ1) is 14.0. The molecule has 0 saturated carbocycles. The van der Waals surface area contributed by atoms with E-state index in [0.717, 1.165) is 41.8 Å². The molecule has 2 unspecified atom stereocenters. The van der Waals surface area contributed by atoms with E-state index >= 15 is 0 Å². The summed E-state index contributed by atoms with van der Waals surface area (Å²) < 4.78 is 18.8. The van der Waals surface area contributed by atoms with Crippen molar-refractivity contribution in [3.63, 3.8) is 0 Å². The summed E-state index contributed by atoms with van der Waals surface area (Å²) in [6.07, 6.45) is 1.02. The minimum Gasteiger partial charge on any atom is -0.377 e.